The van der Waals surface area contributed by atoms with Crippen LogP contribution in [0.25, 0.3) is 22.6 Å². The van der Waals surface area contributed by atoms with Crippen molar-refractivity contribution >= 4 is 34.8 Å². The maximum atomic E-state index is 6.21. The van der Waals surface area contributed by atoms with Crippen molar-refractivity contribution in [2.24, 2.45) is 7.05 Å². The second-order valence-corrected chi connectivity index (χ2v) is 5.58. The molecule has 0 fully saturated rings. The Hall–Kier alpha value is -1.62. The molecule has 0 aliphatic carbocycles. The van der Waals surface area contributed by atoms with Gasteiger partial charge in [0.2, 0.25) is 0 Å². The highest BCUT2D eigenvalue weighted by molar-refractivity contribution is 6.43. The van der Waals surface area contributed by atoms with E-state index in [-0.39, 0.29) is 0 Å². The molecule has 1 aromatic carbocycles. The number of benzene rings is 1. The summed E-state index contributed by atoms with van der Waals surface area (Å²) in [5.74, 6) is 0.425. The molecule has 7 heteroatoms. The summed E-state index contributed by atoms with van der Waals surface area (Å²) in [5.41, 5.74) is 2.16. The summed E-state index contributed by atoms with van der Waals surface area (Å²) in [6, 6.07) is 6.98. The molecule has 0 radical (unpaired) electrons. The summed E-state index contributed by atoms with van der Waals surface area (Å²) in [7, 11) is 1.83. The third-order valence-electron chi connectivity index (χ3n) is 2.89. The van der Waals surface area contributed by atoms with Gasteiger partial charge in [-0.05, 0) is 12.1 Å². The van der Waals surface area contributed by atoms with Crippen molar-refractivity contribution in [2.75, 3.05) is 0 Å². The molecule has 21 heavy (non-hydrogen) atoms. The molecule has 0 atom stereocenters. The number of halogens is 3. The first-order valence-corrected chi connectivity index (χ1v) is 7.16. The fourth-order valence-corrected chi connectivity index (χ4v) is 2.48. The van der Waals surface area contributed by atoms with Gasteiger partial charge in [-0.3, -0.25) is 4.68 Å². The average Bonchev–Trinajstić information content (AvgIpc) is 2.88. The summed E-state index contributed by atoms with van der Waals surface area (Å²) >= 11 is 18.3. The van der Waals surface area contributed by atoms with Gasteiger partial charge in [0.05, 0.1) is 21.9 Å². The van der Waals surface area contributed by atoms with Crippen molar-refractivity contribution in [3.05, 3.63) is 51.9 Å². The van der Waals surface area contributed by atoms with Crippen LogP contribution in [0.1, 0.15) is 0 Å². The van der Waals surface area contributed by atoms with Crippen LogP contribution in [0, 0.1) is 0 Å². The van der Waals surface area contributed by atoms with Gasteiger partial charge in [-0.15, -0.1) is 0 Å². The number of hydrogen-bond donors (Lipinski definition) is 0. The molecule has 3 rings (SSSR count). The van der Waals surface area contributed by atoms with E-state index in [2.05, 4.69) is 15.1 Å². The van der Waals surface area contributed by atoms with Crippen LogP contribution in [0.5, 0.6) is 0 Å². The molecule has 106 valence electrons. The lowest BCUT2D eigenvalue weighted by molar-refractivity contribution is 0.768. The molecule has 2 aromatic heterocycles. The number of hydrogen-bond acceptors (Lipinski definition) is 3. The molecule has 0 spiro atoms. The Morgan fingerprint density at radius 2 is 1.90 bits per heavy atom. The van der Waals surface area contributed by atoms with E-state index in [1.165, 1.54) is 0 Å². The van der Waals surface area contributed by atoms with Crippen molar-refractivity contribution in [2.45, 2.75) is 0 Å². The molecule has 4 nitrogen and oxygen atoms in total. The van der Waals surface area contributed by atoms with E-state index in [1.54, 1.807) is 35.1 Å². The van der Waals surface area contributed by atoms with Crippen LogP contribution >= 0.6 is 34.8 Å². The molecular weight excluding hydrogens is 331 g/mol. The summed E-state index contributed by atoms with van der Waals surface area (Å²) in [4.78, 5) is 8.72. The topological polar surface area (TPSA) is 43.6 Å². The van der Waals surface area contributed by atoms with Crippen LogP contribution in [0.3, 0.4) is 0 Å². The minimum absolute atomic E-state index is 0.329. The number of nitrogens with zero attached hydrogens (tertiary/aromatic N) is 4. The first-order valence-electron chi connectivity index (χ1n) is 6.02. The van der Waals surface area contributed by atoms with Gasteiger partial charge in [-0.25, -0.2) is 9.97 Å². The van der Waals surface area contributed by atoms with Crippen LogP contribution in [-0.4, -0.2) is 19.7 Å². The Morgan fingerprint density at radius 3 is 2.62 bits per heavy atom. The second-order valence-electron chi connectivity index (χ2n) is 4.40. The molecule has 0 aliphatic rings. The van der Waals surface area contributed by atoms with Crippen LogP contribution in [0.15, 0.2) is 36.7 Å². The fraction of sp³-hybridized carbons (Fsp3) is 0.0714. The minimum Gasteiger partial charge on any atom is -0.275 e. The Kier molecular flexibility index (Phi) is 3.85. The van der Waals surface area contributed by atoms with E-state index in [1.807, 2.05) is 13.2 Å². The fourth-order valence-electron chi connectivity index (χ4n) is 1.92. The van der Waals surface area contributed by atoms with Gasteiger partial charge in [-0.2, -0.15) is 5.10 Å². The number of rotatable bonds is 2. The van der Waals surface area contributed by atoms with Gasteiger partial charge in [0, 0.05) is 30.4 Å². The van der Waals surface area contributed by atoms with Gasteiger partial charge >= 0.3 is 0 Å². The molecule has 2 heterocycles. The smallest absolute Gasteiger partial charge is 0.163 e. The van der Waals surface area contributed by atoms with Crippen LogP contribution in [-0.2, 0) is 7.05 Å². The maximum Gasteiger partial charge on any atom is 0.163 e. The zero-order valence-electron chi connectivity index (χ0n) is 10.9. The molecule has 3 aromatic rings. The molecule has 0 saturated heterocycles. The predicted octanol–water partition coefficient (Wildman–Crippen LogP) is 4.50. The Balaban J connectivity index is 2.16. The maximum absolute atomic E-state index is 6.21. The summed E-state index contributed by atoms with van der Waals surface area (Å²) in [6.45, 7) is 0. The van der Waals surface area contributed by atoms with Crippen molar-refractivity contribution in [1.29, 1.82) is 0 Å². The van der Waals surface area contributed by atoms with Crippen LogP contribution < -0.4 is 0 Å². The largest absolute Gasteiger partial charge is 0.275 e. The molecule has 0 saturated carbocycles. The Bertz CT molecular complexity index is 814. The lowest BCUT2D eigenvalue weighted by Crippen LogP contribution is -1.93. The molecule has 0 bridgehead atoms. The van der Waals surface area contributed by atoms with E-state index in [4.69, 9.17) is 34.8 Å². The lowest BCUT2D eigenvalue weighted by atomic mass is 10.2. The highest BCUT2D eigenvalue weighted by Crippen LogP contribution is 2.33. The molecule has 0 N–H and O–H groups in total. The average molecular weight is 340 g/mol. The first kappa shape index (κ1) is 14.3. The summed E-state index contributed by atoms with van der Waals surface area (Å²) in [5, 5.41) is 5.30. The summed E-state index contributed by atoms with van der Waals surface area (Å²) < 4.78 is 1.69. The SMILES string of the molecule is Cn1cc(-c2cc(Cl)nc(-c3cccc(Cl)c3Cl)n2)cn1. The van der Waals surface area contributed by atoms with Gasteiger partial charge in [-0.1, -0.05) is 40.9 Å². The van der Waals surface area contributed by atoms with Crippen LogP contribution in [0.2, 0.25) is 15.2 Å². The summed E-state index contributed by atoms with van der Waals surface area (Å²) in [6.07, 6.45) is 3.56. The molecule has 0 aliphatic heterocycles. The van der Waals surface area contributed by atoms with E-state index in [9.17, 15) is 0 Å². The van der Waals surface area contributed by atoms with E-state index in [0.29, 0.717) is 32.3 Å². The number of aryl methyl sites for hydroxylation is 1. The van der Waals surface area contributed by atoms with Gasteiger partial charge in [0.15, 0.2) is 5.82 Å². The molecule has 0 unspecified atom stereocenters. The normalized spacial score (nSPS) is 10.9. The van der Waals surface area contributed by atoms with Crippen molar-refractivity contribution in [1.82, 2.24) is 19.7 Å². The molecule has 0 amide bonds. The third kappa shape index (κ3) is 2.88. The van der Waals surface area contributed by atoms with Gasteiger partial charge in [0.1, 0.15) is 5.15 Å². The zero-order valence-corrected chi connectivity index (χ0v) is 13.2. The van der Waals surface area contributed by atoms with Crippen molar-refractivity contribution in [3.63, 3.8) is 0 Å². The standard InChI is InChI=1S/C14H9Cl3N4/c1-21-7-8(6-18-21)11-5-12(16)20-14(19-11)9-3-2-4-10(15)13(9)17/h2-7H,1H3. The highest BCUT2D eigenvalue weighted by Gasteiger charge is 2.13. The second kappa shape index (κ2) is 5.64. The third-order valence-corrected chi connectivity index (χ3v) is 3.90. The minimum atomic E-state index is 0.329. The first-order chi connectivity index (χ1) is 10.0. The lowest BCUT2D eigenvalue weighted by Gasteiger charge is -2.06. The van der Waals surface area contributed by atoms with E-state index < -0.39 is 0 Å². The van der Waals surface area contributed by atoms with Gasteiger partial charge in [0.25, 0.3) is 0 Å². The predicted molar refractivity (Wildman–Crippen MR) is 84.7 cm³/mol. The monoisotopic (exact) mass is 338 g/mol. The Labute approximate surface area is 136 Å². The highest BCUT2D eigenvalue weighted by atomic mass is 35.5. The zero-order chi connectivity index (χ0) is 15.0. The van der Waals surface area contributed by atoms with Gasteiger partial charge < -0.3 is 0 Å². The Morgan fingerprint density at radius 1 is 1.10 bits per heavy atom. The molecular formula is C14H9Cl3N4. The van der Waals surface area contributed by atoms with Crippen molar-refractivity contribution < 1.29 is 0 Å². The van der Waals surface area contributed by atoms with E-state index >= 15 is 0 Å². The van der Waals surface area contributed by atoms with Crippen molar-refractivity contribution in [3.8, 4) is 22.6 Å². The van der Waals surface area contributed by atoms with Crippen LogP contribution in [0.4, 0.5) is 0 Å². The number of aromatic nitrogens is 4. The van der Waals surface area contributed by atoms with E-state index in [0.717, 1.165) is 5.56 Å². The quantitative estimate of drug-likeness (QED) is 0.645.